The van der Waals surface area contributed by atoms with E-state index in [1.165, 1.54) is 0 Å². The molecule has 0 bridgehead atoms. The Morgan fingerprint density at radius 2 is 1.68 bits per heavy atom. The van der Waals surface area contributed by atoms with Crippen molar-refractivity contribution in [3.8, 4) is 0 Å². The lowest BCUT2D eigenvalue weighted by atomic mass is 10.1. The summed E-state index contributed by atoms with van der Waals surface area (Å²) in [4.78, 5) is 60.7. The van der Waals surface area contributed by atoms with Crippen molar-refractivity contribution in [3.63, 3.8) is 0 Å². The Kier molecular flexibility index (Phi) is 16.1. The van der Waals surface area contributed by atoms with Gasteiger partial charge in [-0.2, -0.15) is 0 Å². The smallest absolute Gasteiger partial charge is 0.408 e. The molecule has 0 heterocycles. The molecule has 38 heavy (non-hydrogen) atoms. The predicted octanol–water partition coefficient (Wildman–Crippen LogP) is -0.617. The second kappa shape index (κ2) is 17.8. The van der Waals surface area contributed by atoms with E-state index in [4.69, 9.17) is 16.2 Å². The van der Waals surface area contributed by atoms with Crippen LogP contribution in [0.4, 0.5) is 4.79 Å². The molecule has 0 rings (SSSR count). The number of aldehydes is 1. The van der Waals surface area contributed by atoms with Crippen LogP contribution in [0.1, 0.15) is 52.9 Å². The van der Waals surface area contributed by atoms with Gasteiger partial charge in [-0.3, -0.25) is 19.6 Å². The molecule has 0 fully saturated rings. The molecule has 0 saturated carbocycles. The second-order valence-electron chi connectivity index (χ2n) is 10.0. The third-order valence-electron chi connectivity index (χ3n) is 5.09. The summed E-state index contributed by atoms with van der Waals surface area (Å²) in [5.74, 6) is -0.292. The van der Waals surface area contributed by atoms with Gasteiger partial charge < -0.3 is 46.7 Å². The molecule has 0 aliphatic carbocycles. The fraction of sp³-hybridized carbons (Fsp3) is 0.750. The van der Waals surface area contributed by atoms with Crippen molar-refractivity contribution in [1.82, 2.24) is 25.8 Å². The van der Waals surface area contributed by atoms with Gasteiger partial charge in [0.1, 0.15) is 17.9 Å². The van der Waals surface area contributed by atoms with Crippen LogP contribution in [0.2, 0.25) is 0 Å². The summed E-state index contributed by atoms with van der Waals surface area (Å²) in [6.45, 7) is 5.84. The van der Waals surface area contributed by atoms with Crippen LogP contribution in [-0.2, 0) is 19.1 Å². The number of amides is 3. The van der Waals surface area contributed by atoms with Gasteiger partial charge in [0.15, 0.2) is 11.9 Å². The molecule has 0 saturated heterocycles. The van der Waals surface area contributed by atoms with Gasteiger partial charge in [0.2, 0.25) is 11.8 Å². The number of alkyl carbamates (subject to hydrolysis) is 1. The normalized spacial score (nSPS) is 13.0. The highest BCUT2D eigenvalue weighted by molar-refractivity contribution is 5.90. The number of nitrogens with one attached hydrogen (secondary N) is 3. The first-order valence-electron chi connectivity index (χ1n) is 12.6. The van der Waals surface area contributed by atoms with E-state index in [9.17, 15) is 19.2 Å². The number of rotatable bonds is 15. The van der Waals surface area contributed by atoms with Crippen LogP contribution in [-0.4, -0.2) is 111 Å². The first-order valence-corrected chi connectivity index (χ1v) is 12.6. The van der Waals surface area contributed by atoms with Crippen LogP contribution in [0.15, 0.2) is 9.98 Å². The molecule has 2 atom stereocenters. The molecule has 0 spiro atoms. The Bertz CT molecular complexity index is 821. The third kappa shape index (κ3) is 16.2. The van der Waals surface area contributed by atoms with E-state index < -0.39 is 35.6 Å². The average Bonchev–Trinajstić information content (AvgIpc) is 2.80. The van der Waals surface area contributed by atoms with Crippen molar-refractivity contribution in [2.45, 2.75) is 70.6 Å². The first-order chi connectivity index (χ1) is 17.7. The number of nitrogens with two attached hydrogens (primary N) is 2. The molecule has 0 aromatic rings. The van der Waals surface area contributed by atoms with Crippen molar-refractivity contribution in [2.24, 2.45) is 21.5 Å². The Morgan fingerprint density at radius 1 is 1.03 bits per heavy atom. The minimum Gasteiger partial charge on any atom is -0.444 e. The number of ether oxygens (including phenoxy) is 1. The maximum absolute atomic E-state index is 12.8. The Hall–Kier alpha value is -3.58. The molecule has 0 aliphatic heterocycles. The van der Waals surface area contributed by atoms with E-state index in [-0.39, 0.29) is 12.5 Å². The van der Waals surface area contributed by atoms with Gasteiger partial charge in [0, 0.05) is 41.3 Å². The quantitative estimate of drug-likeness (QED) is 0.0776. The van der Waals surface area contributed by atoms with E-state index in [0.717, 1.165) is 12.4 Å². The van der Waals surface area contributed by atoms with Gasteiger partial charge in [-0.25, -0.2) is 4.79 Å². The minimum atomic E-state index is -0.905. The number of unbranched alkanes of at least 4 members (excludes halogenated alkanes) is 1. The fourth-order valence-corrected chi connectivity index (χ4v) is 3.47. The predicted molar refractivity (Wildman–Crippen MR) is 148 cm³/mol. The van der Waals surface area contributed by atoms with Gasteiger partial charge in [0.25, 0.3) is 0 Å². The Labute approximate surface area is 226 Å². The lowest BCUT2D eigenvalue weighted by Gasteiger charge is -2.26. The van der Waals surface area contributed by atoms with Crippen LogP contribution in [0.3, 0.4) is 0 Å². The van der Waals surface area contributed by atoms with Gasteiger partial charge >= 0.3 is 6.09 Å². The second-order valence-corrected chi connectivity index (χ2v) is 10.0. The van der Waals surface area contributed by atoms with Gasteiger partial charge in [-0.05, 0) is 52.9 Å². The zero-order valence-electron chi connectivity index (χ0n) is 23.9. The maximum Gasteiger partial charge on any atom is 0.408 e. The van der Waals surface area contributed by atoms with Crippen LogP contribution in [0, 0.1) is 0 Å². The number of hydrogen-bond donors (Lipinski definition) is 5. The number of nitrogens with zero attached hydrogens (tertiary/aromatic N) is 4. The number of hydrogen-bond acceptors (Lipinski definition) is 7. The molecule has 7 N–H and O–H groups in total. The molecular formula is C24H47N9O5. The lowest BCUT2D eigenvalue weighted by Crippen LogP contribution is -2.50. The van der Waals surface area contributed by atoms with Gasteiger partial charge in [-0.1, -0.05) is 0 Å². The SMILES string of the molecule is CN=C(N(C)C)N(C)CCCC[C@@H](NC(=O)OC(C)(C)C)C(=O)NCC(=O)N[C@H](C=O)CCCN=C(N)N. The average molecular weight is 542 g/mol. The van der Waals surface area contributed by atoms with E-state index in [0.29, 0.717) is 45.1 Å². The van der Waals surface area contributed by atoms with E-state index in [2.05, 4.69) is 25.9 Å². The highest BCUT2D eigenvalue weighted by Crippen LogP contribution is 2.09. The summed E-state index contributed by atoms with van der Waals surface area (Å²) in [7, 11) is 7.46. The molecule has 0 aromatic heterocycles. The highest BCUT2D eigenvalue weighted by atomic mass is 16.6. The zero-order chi connectivity index (χ0) is 29.3. The van der Waals surface area contributed by atoms with Crippen molar-refractivity contribution in [2.75, 3.05) is 47.8 Å². The molecule has 0 unspecified atom stereocenters. The number of aliphatic imine (C=N–C) groups is 2. The summed E-state index contributed by atoms with van der Waals surface area (Å²) < 4.78 is 5.29. The van der Waals surface area contributed by atoms with E-state index in [1.807, 2.05) is 30.9 Å². The maximum atomic E-state index is 12.8. The molecule has 0 aliphatic rings. The summed E-state index contributed by atoms with van der Waals surface area (Å²) >= 11 is 0. The summed E-state index contributed by atoms with van der Waals surface area (Å²) in [6.07, 6.45) is 2.42. The van der Waals surface area contributed by atoms with Crippen LogP contribution < -0.4 is 27.4 Å². The van der Waals surface area contributed by atoms with Crippen LogP contribution >= 0.6 is 0 Å². The topological polar surface area (TPSA) is 197 Å². The minimum absolute atomic E-state index is 0.0471. The molecule has 3 amide bonds. The standard InChI is InChI=1S/C24H47N9O5/c1-24(2,3)38-23(37)31-18(12-8-9-14-33(7)22(27-4)32(5)6)20(36)29-15-19(35)30-17(16-34)11-10-13-28-21(25)26/h16-18H,8-15H2,1-7H3,(H,29,36)(H,30,35)(H,31,37)(H4,25,26,28)/t17-,18+/m0/s1. The molecule has 14 heteroatoms. The van der Waals surface area contributed by atoms with Crippen LogP contribution in [0.25, 0.3) is 0 Å². The Balaban J connectivity index is 4.95. The third-order valence-corrected chi connectivity index (χ3v) is 5.09. The largest absolute Gasteiger partial charge is 0.444 e. The number of carbonyl (C=O) groups excluding carboxylic acids is 4. The summed E-state index contributed by atoms with van der Waals surface area (Å²) in [6, 6.07) is -1.64. The van der Waals surface area contributed by atoms with E-state index in [1.54, 1.807) is 27.8 Å². The summed E-state index contributed by atoms with van der Waals surface area (Å²) in [5, 5.41) is 7.66. The van der Waals surface area contributed by atoms with Crippen molar-refractivity contribution < 1.29 is 23.9 Å². The first kappa shape index (κ1) is 34.4. The van der Waals surface area contributed by atoms with E-state index >= 15 is 0 Å². The fourth-order valence-electron chi connectivity index (χ4n) is 3.47. The monoisotopic (exact) mass is 541 g/mol. The van der Waals surface area contributed by atoms with Crippen molar-refractivity contribution >= 4 is 36.1 Å². The molecule has 0 aromatic carbocycles. The Morgan fingerprint density at radius 3 is 2.21 bits per heavy atom. The zero-order valence-corrected chi connectivity index (χ0v) is 23.9. The van der Waals surface area contributed by atoms with Crippen molar-refractivity contribution in [1.29, 1.82) is 0 Å². The van der Waals surface area contributed by atoms with Crippen LogP contribution in [0.5, 0.6) is 0 Å². The lowest BCUT2D eigenvalue weighted by molar-refractivity contribution is -0.128. The molecule has 14 nitrogen and oxygen atoms in total. The summed E-state index contributed by atoms with van der Waals surface area (Å²) in [5.41, 5.74) is 9.79. The molecule has 0 radical (unpaired) electrons. The molecule has 218 valence electrons. The molecular weight excluding hydrogens is 494 g/mol. The number of guanidine groups is 2. The van der Waals surface area contributed by atoms with Crippen molar-refractivity contribution in [3.05, 3.63) is 0 Å². The highest BCUT2D eigenvalue weighted by Gasteiger charge is 2.25. The van der Waals surface area contributed by atoms with Gasteiger partial charge in [0.05, 0.1) is 12.6 Å². The van der Waals surface area contributed by atoms with Gasteiger partial charge in [-0.15, -0.1) is 0 Å². The number of carbonyl (C=O) groups is 4.